The average molecular weight is 197 g/mol. The highest BCUT2D eigenvalue weighted by Gasteiger charge is 2.15. The van der Waals surface area contributed by atoms with Crippen molar-refractivity contribution < 1.29 is 8.78 Å². The lowest BCUT2D eigenvalue weighted by molar-refractivity contribution is 0.152. The number of hydrogen-bond acceptors (Lipinski definition) is 2. The minimum Gasteiger partial charge on any atom is -0.399 e. The van der Waals surface area contributed by atoms with Crippen molar-refractivity contribution >= 4 is 16.6 Å². The number of rotatable bonds is 1. The van der Waals surface area contributed by atoms with Gasteiger partial charge in [-0.15, -0.1) is 0 Å². The number of nitrogens with zero attached hydrogens (tertiary/aromatic N) is 2. The van der Waals surface area contributed by atoms with Gasteiger partial charge in [-0.1, -0.05) is 0 Å². The molecule has 74 valence electrons. The lowest BCUT2D eigenvalue weighted by Gasteiger charge is -2.05. The molecule has 0 saturated carbocycles. The zero-order valence-corrected chi connectivity index (χ0v) is 7.54. The van der Waals surface area contributed by atoms with E-state index in [9.17, 15) is 8.78 Å². The molecular weight excluding hydrogens is 188 g/mol. The lowest BCUT2D eigenvalue weighted by atomic mass is 10.1. The maximum absolute atomic E-state index is 12.6. The van der Waals surface area contributed by atoms with E-state index in [0.717, 1.165) is 0 Å². The molecule has 0 fully saturated rings. The van der Waals surface area contributed by atoms with Gasteiger partial charge in [0, 0.05) is 23.7 Å². The van der Waals surface area contributed by atoms with Gasteiger partial charge >= 0.3 is 0 Å². The van der Waals surface area contributed by atoms with Gasteiger partial charge in [-0.3, -0.25) is 4.68 Å². The normalized spacial score (nSPS) is 11.4. The van der Waals surface area contributed by atoms with Gasteiger partial charge in [0.25, 0.3) is 6.43 Å². The molecule has 0 amide bonds. The van der Waals surface area contributed by atoms with Crippen molar-refractivity contribution in [2.24, 2.45) is 7.05 Å². The number of benzene rings is 1. The fraction of sp³-hybridized carbons (Fsp3) is 0.222. The molecular formula is C9H9F2N3. The number of aromatic nitrogens is 2. The van der Waals surface area contributed by atoms with Crippen LogP contribution in [0.15, 0.2) is 18.3 Å². The van der Waals surface area contributed by atoms with Crippen molar-refractivity contribution in [2.75, 3.05) is 5.73 Å². The van der Waals surface area contributed by atoms with E-state index in [-0.39, 0.29) is 5.56 Å². The third kappa shape index (κ3) is 1.21. The van der Waals surface area contributed by atoms with Gasteiger partial charge in [-0.05, 0) is 12.1 Å². The largest absolute Gasteiger partial charge is 0.399 e. The van der Waals surface area contributed by atoms with E-state index in [2.05, 4.69) is 5.10 Å². The summed E-state index contributed by atoms with van der Waals surface area (Å²) in [5, 5.41) is 4.55. The van der Waals surface area contributed by atoms with Crippen LogP contribution in [-0.2, 0) is 7.05 Å². The second kappa shape index (κ2) is 2.94. The van der Waals surface area contributed by atoms with Crippen molar-refractivity contribution in [1.29, 1.82) is 0 Å². The number of fused-ring (bicyclic) bond motifs is 1. The Hall–Kier alpha value is -1.65. The first-order chi connectivity index (χ1) is 6.59. The van der Waals surface area contributed by atoms with Gasteiger partial charge in [0.05, 0.1) is 11.7 Å². The van der Waals surface area contributed by atoms with Gasteiger partial charge < -0.3 is 5.73 Å². The van der Waals surface area contributed by atoms with Crippen LogP contribution in [0.2, 0.25) is 0 Å². The lowest BCUT2D eigenvalue weighted by Crippen LogP contribution is -1.96. The summed E-state index contributed by atoms with van der Waals surface area (Å²) in [6.07, 6.45) is -1.01. The van der Waals surface area contributed by atoms with Crippen LogP contribution < -0.4 is 5.73 Å². The monoisotopic (exact) mass is 197 g/mol. The Bertz CT molecular complexity index is 476. The Balaban J connectivity index is 2.83. The highest BCUT2D eigenvalue weighted by molar-refractivity contribution is 5.85. The molecule has 3 nitrogen and oxygen atoms in total. The van der Waals surface area contributed by atoms with Gasteiger partial charge in [-0.25, -0.2) is 8.78 Å². The first-order valence-corrected chi connectivity index (χ1v) is 4.09. The minimum atomic E-state index is -2.53. The van der Waals surface area contributed by atoms with E-state index < -0.39 is 6.43 Å². The predicted molar refractivity (Wildman–Crippen MR) is 50.1 cm³/mol. The van der Waals surface area contributed by atoms with Crippen molar-refractivity contribution in [2.45, 2.75) is 6.43 Å². The van der Waals surface area contributed by atoms with Crippen LogP contribution in [-0.4, -0.2) is 9.78 Å². The number of halogens is 2. The smallest absolute Gasteiger partial charge is 0.266 e. The molecule has 0 aliphatic heterocycles. The summed E-state index contributed by atoms with van der Waals surface area (Å²) in [4.78, 5) is 0. The third-order valence-corrected chi connectivity index (χ3v) is 2.12. The van der Waals surface area contributed by atoms with E-state index in [1.54, 1.807) is 13.1 Å². The summed E-state index contributed by atoms with van der Waals surface area (Å²) < 4.78 is 26.7. The number of aryl methyl sites for hydroxylation is 1. The number of hydrogen-bond donors (Lipinski definition) is 1. The molecule has 1 aromatic carbocycles. The van der Waals surface area contributed by atoms with Gasteiger partial charge in [0.15, 0.2) is 0 Å². The summed E-state index contributed by atoms with van der Waals surface area (Å²) in [5.41, 5.74) is 6.21. The first kappa shape index (κ1) is 8.93. The van der Waals surface area contributed by atoms with Gasteiger partial charge in [-0.2, -0.15) is 5.10 Å². The Labute approximate surface area is 79.1 Å². The van der Waals surface area contributed by atoms with Gasteiger partial charge in [0.1, 0.15) is 0 Å². The maximum Gasteiger partial charge on any atom is 0.266 e. The molecule has 0 bridgehead atoms. The fourth-order valence-electron chi connectivity index (χ4n) is 1.55. The molecule has 0 unspecified atom stereocenters. The highest BCUT2D eigenvalue weighted by atomic mass is 19.3. The van der Waals surface area contributed by atoms with E-state index in [1.807, 2.05) is 0 Å². The molecule has 0 saturated heterocycles. The van der Waals surface area contributed by atoms with Crippen molar-refractivity contribution in [3.05, 3.63) is 23.9 Å². The Morgan fingerprint density at radius 3 is 2.79 bits per heavy atom. The molecule has 0 atom stereocenters. The molecule has 0 aliphatic rings. The molecule has 1 heterocycles. The standard InChI is InChI=1S/C9H9F2N3/c1-14-8-5(4-13-14)2-6(12)3-7(8)9(10)11/h2-4,9H,12H2,1H3. The number of anilines is 1. The molecule has 0 radical (unpaired) electrons. The Morgan fingerprint density at radius 1 is 1.43 bits per heavy atom. The van der Waals surface area contributed by atoms with Crippen LogP contribution in [0.1, 0.15) is 12.0 Å². The van der Waals surface area contributed by atoms with Crippen molar-refractivity contribution in [3.63, 3.8) is 0 Å². The maximum atomic E-state index is 12.6. The summed E-state index contributed by atoms with van der Waals surface area (Å²) in [5.74, 6) is 0. The van der Waals surface area contributed by atoms with E-state index in [0.29, 0.717) is 16.6 Å². The second-order valence-electron chi connectivity index (χ2n) is 3.12. The topological polar surface area (TPSA) is 43.8 Å². The molecule has 2 N–H and O–H groups in total. The summed E-state index contributed by atoms with van der Waals surface area (Å²) >= 11 is 0. The zero-order chi connectivity index (χ0) is 10.3. The summed E-state index contributed by atoms with van der Waals surface area (Å²) in [7, 11) is 1.63. The Kier molecular flexibility index (Phi) is 1.87. The molecule has 5 heteroatoms. The van der Waals surface area contributed by atoms with Crippen molar-refractivity contribution in [3.8, 4) is 0 Å². The van der Waals surface area contributed by atoms with Crippen LogP contribution in [0.25, 0.3) is 10.9 Å². The van der Waals surface area contributed by atoms with Crippen LogP contribution in [0, 0.1) is 0 Å². The highest BCUT2D eigenvalue weighted by Crippen LogP contribution is 2.29. The number of nitrogens with two attached hydrogens (primary N) is 1. The number of alkyl halides is 2. The third-order valence-electron chi connectivity index (χ3n) is 2.12. The van der Waals surface area contributed by atoms with Gasteiger partial charge in [0.2, 0.25) is 0 Å². The average Bonchev–Trinajstić information content (AvgIpc) is 2.46. The Morgan fingerprint density at radius 2 is 2.14 bits per heavy atom. The number of nitrogen functional groups attached to an aromatic ring is 1. The van der Waals surface area contributed by atoms with Crippen molar-refractivity contribution in [1.82, 2.24) is 9.78 Å². The molecule has 0 aliphatic carbocycles. The predicted octanol–water partition coefficient (Wildman–Crippen LogP) is 2.09. The SMILES string of the molecule is Cn1ncc2cc(N)cc(C(F)F)c21. The minimum absolute atomic E-state index is 0.0694. The fourth-order valence-corrected chi connectivity index (χ4v) is 1.55. The summed E-state index contributed by atoms with van der Waals surface area (Å²) in [6.45, 7) is 0. The first-order valence-electron chi connectivity index (χ1n) is 4.09. The van der Waals surface area contributed by atoms with E-state index >= 15 is 0 Å². The van der Waals surface area contributed by atoms with E-state index in [1.165, 1.54) is 16.9 Å². The quantitative estimate of drug-likeness (QED) is 0.711. The van der Waals surface area contributed by atoms with Crippen LogP contribution >= 0.6 is 0 Å². The second-order valence-corrected chi connectivity index (χ2v) is 3.12. The zero-order valence-electron chi connectivity index (χ0n) is 7.54. The molecule has 2 rings (SSSR count). The van der Waals surface area contributed by atoms with Crippen LogP contribution in [0.4, 0.5) is 14.5 Å². The molecule has 0 spiro atoms. The van der Waals surface area contributed by atoms with Crippen LogP contribution in [0.5, 0.6) is 0 Å². The van der Waals surface area contributed by atoms with E-state index in [4.69, 9.17) is 5.73 Å². The molecule has 2 aromatic rings. The molecule has 1 aromatic heterocycles. The summed E-state index contributed by atoms with van der Waals surface area (Å²) in [6, 6.07) is 2.92. The molecule has 14 heavy (non-hydrogen) atoms. The van der Waals surface area contributed by atoms with Crippen LogP contribution in [0.3, 0.4) is 0 Å².